The predicted octanol–water partition coefficient (Wildman–Crippen LogP) is 0.0675. The van der Waals surface area contributed by atoms with E-state index in [-0.39, 0.29) is 5.75 Å². The van der Waals surface area contributed by atoms with Gasteiger partial charge in [0.1, 0.15) is 9.84 Å². The lowest BCUT2D eigenvalue weighted by Gasteiger charge is -1.96. The van der Waals surface area contributed by atoms with Crippen molar-refractivity contribution >= 4 is 9.84 Å². The summed E-state index contributed by atoms with van der Waals surface area (Å²) in [7, 11) is -2.82. The predicted molar refractivity (Wildman–Crippen MR) is 36.2 cm³/mol. The second kappa shape index (κ2) is 3.85. The van der Waals surface area contributed by atoms with Gasteiger partial charge in [-0.15, -0.1) is 0 Å². The number of hydrogen-bond donors (Lipinski definition) is 0. The van der Waals surface area contributed by atoms with Crippen LogP contribution in [0.2, 0.25) is 0 Å². The number of rotatable bonds is 4. The third-order valence-electron chi connectivity index (χ3n) is 0.803. The van der Waals surface area contributed by atoms with Gasteiger partial charge in [-0.05, 0) is 6.92 Å². The molecule has 56 valence electrons. The molecule has 0 aromatic heterocycles. The van der Waals surface area contributed by atoms with E-state index in [0.29, 0.717) is 13.2 Å². The van der Waals surface area contributed by atoms with Gasteiger partial charge in [0.05, 0.1) is 12.4 Å². The van der Waals surface area contributed by atoms with Crippen LogP contribution in [0.5, 0.6) is 0 Å². The first-order chi connectivity index (χ1) is 4.06. The summed E-state index contributed by atoms with van der Waals surface area (Å²) >= 11 is 0. The van der Waals surface area contributed by atoms with Crippen molar-refractivity contribution in [1.82, 2.24) is 0 Å². The minimum Gasteiger partial charge on any atom is -0.381 e. The van der Waals surface area contributed by atoms with Crippen LogP contribution < -0.4 is 0 Å². The van der Waals surface area contributed by atoms with Crippen molar-refractivity contribution in [2.75, 3.05) is 25.2 Å². The molecule has 0 N–H and O–H groups in total. The highest BCUT2D eigenvalue weighted by molar-refractivity contribution is 7.90. The summed E-state index contributed by atoms with van der Waals surface area (Å²) in [5.74, 6) is 0.126. The van der Waals surface area contributed by atoms with E-state index in [0.717, 1.165) is 0 Å². The van der Waals surface area contributed by atoms with Gasteiger partial charge in [0.15, 0.2) is 0 Å². The Hall–Kier alpha value is -0.0900. The van der Waals surface area contributed by atoms with Crippen LogP contribution in [0.4, 0.5) is 0 Å². The third-order valence-corrected chi connectivity index (χ3v) is 1.71. The topological polar surface area (TPSA) is 43.4 Å². The maximum atomic E-state index is 10.4. The summed E-state index contributed by atoms with van der Waals surface area (Å²) in [6.45, 7) is 2.73. The fourth-order valence-electron chi connectivity index (χ4n) is 0.355. The molecule has 9 heavy (non-hydrogen) atoms. The molecule has 0 saturated heterocycles. The lowest BCUT2D eigenvalue weighted by Crippen LogP contribution is -2.09. The minimum absolute atomic E-state index is 0.126. The van der Waals surface area contributed by atoms with Crippen LogP contribution >= 0.6 is 0 Å². The Balaban J connectivity index is 3.30. The Bertz CT molecular complexity index is 148. The van der Waals surface area contributed by atoms with Crippen molar-refractivity contribution in [3.8, 4) is 0 Å². The molecule has 0 atom stereocenters. The van der Waals surface area contributed by atoms with Crippen LogP contribution in [0.1, 0.15) is 6.92 Å². The molecule has 0 rings (SSSR count). The Kier molecular flexibility index (Phi) is 3.81. The summed E-state index contributed by atoms with van der Waals surface area (Å²) < 4.78 is 25.7. The maximum Gasteiger partial charge on any atom is 0.149 e. The zero-order chi connectivity index (χ0) is 7.33. The molecule has 3 nitrogen and oxygen atoms in total. The molecule has 0 spiro atoms. The van der Waals surface area contributed by atoms with Gasteiger partial charge in [-0.3, -0.25) is 0 Å². The first-order valence-electron chi connectivity index (χ1n) is 2.81. The van der Waals surface area contributed by atoms with Gasteiger partial charge >= 0.3 is 0 Å². The molecule has 0 saturated carbocycles. The van der Waals surface area contributed by atoms with Gasteiger partial charge in [0.2, 0.25) is 0 Å². The van der Waals surface area contributed by atoms with Gasteiger partial charge < -0.3 is 4.74 Å². The first-order valence-corrected chi connectivity index (χ1v) is 4.88. The molecule has 0 aromatic carbocycles. The summed E-state index contributed by atoms with van der Waals surface area (Å²) in [5.41, 5.74) is 0. The van der Waals surface area contributed by atoms with E-state index < -0.39 is 9.84 Å². The average molecular weight is 152 g/mol. The van der Waals surface area contributed by atoms with E-state index in [9.17, 15) is 8.42 Å². The second-order valence-corrected chi connectivity index (χ2v) is 4.09. The summed E-state index contributed by atoms with van der Waals surface area (Å²) in [6, 6.07) is 0. The molecule has 0 radical (unpaired) electrons. The van der Waals surface area contributed by atoms with Gasteiger partial charge in [-0.25, -0.2) is 8.42 Å². The Morgan fingerprint density at radius 3 is 2.33 bits per heavy atom. The van der Waals surface area contributed by atoms with E-state index >= 15 is 0 Å². The van der Waals surface area contributed by atoms with Crippen molar-refractivity contribution < 1.29 is 13.2 Å². The summed E-state index contributed by atoms with van der Waals surface area (Å²) in [5, 5.41) is 0. The normalized spacial score (nSPS) is 11.8. The maximum absolute atomic E-state index is 10.4. The Morgan fingerprint density at radius 1 is 1.44 bits per heavy atom. The quantitative estimate of drug-likeness (QED) is 0.535. The standard InChI is InChI=1S/C5H12O3S/c1-3-8-4-5-9(2,6)7/h3-5H2,1-2H3. The van der Waals surface area contributed by atoms with E-state index in [4.69, 9.17) is 4.74 Å². The molecular weight excluding hydrogens is 140 g/mol. The lowest BCUT2D eigenvalue weighted by molar-refractivity contribution is 0.163. The SMILES string of the molecule is CCOCCS(C)(=O)=O. The summed E-state index contributed by atoms with van der Waals surface area (Å²) in [4.78, 5) is 0. The zero-order valence-electron chi connectivity index (χ0n) is 5.75. The number of hydrogen-bond acceptors (Lipinski definition) is 3. The van der Waals surface area contributed by atoms with Crippen molar-refractivity contribution in [2.24, 2.45) is 0 Å². The van der Waals surface area contributed by atoms with Crippen molar-refractivity contribution in [2.45, 2.75) is 6.92 Å². The molecule has 0 amide bonds. The fraction of sp³-hybridized carbons (Fsp3) is 1.00. The van der Waals surface area contributed by atoms with Crippen molar-refractivity contribution in [3.63, 3.8) is 0 Å². The number of sulfone groups is 1. The largest absolute Gasteiger partial charge is 0.381 e. The highest BCUT2D eigenvalue weighted by atomic mass is 32.2. The first kappa shape index (κ1) is 8.91. The van der Waals surface area contributed by atoms with E-state index in [1.807, 2.05) is 6.92 Å². The van der Waals surface area contributed by atoms with E-state index in [1.54, 1.807) is 0 Å². The smallest absolute Gasteiger partial charge is 0.149 e. The molecule has 4 heteroatoms. The van der Waals surface area contributed by atoms with Gasteiger partial charge in [-0.1, -0.05) is 0 Å². The molecule has 0 aliphatic carbocycles. The molecule has 0 bridgehead atoms. The Labute approximate surface area is 55.9 Å². The zero-order valence-corrected chi connectivity index (χ0v) is 6.57. The third kappa shape index (κ3) is 7.91. The summed E-state index contributed by atoms with van der Waals surface area (Å²) in [6.07, 6.45) is 1.20. The Morgan fingerprint density at radius 2 is 2.00 bits per heavy atom. The molecular formula is C5H12O3S. The van der Waals surface area contributed by atoms with Crippen molar-refractivity contribution in [3.05, 3.63) is 0 Å². The molecule has 0 aliphatic heterocycles. The van der Waals surface area contributed by atoms with Crippen LogP contribution in [-0.2, 0) is 14.6 Å². The molecule has 0 aliphatic rings. The second-order valence-electron chi connectivity index (χ2n) is 1.83. The number of ether oxygens (including phenoxy) is 1. The lowest BCUT2D eigenvalue weighted by atomic mass is 10.8. The van der Waals surface area contributed by atoms with Crippen LogP contribution in [0.15, 0.2) is 0 Å². The monoisotopic (exact) mass is 152 g/mol. The van der Waals surface area contributed by atoms with E-state index in [1.165, 1.54) is 6.26 Å². The highest BCUT2D eigenvalue weighted by Gasteiger charge is 1.99. The van der Waals surface area contributed by atoms with Gasteiger partial charge in [-0.2, -0.15) is 0 Å². The van der Waals surface area contributed by atoms with Crippen LogP contribution in [0.25, 0.3) is 0 Å². The fourth-order valence-corrected chi connectivity index (χ4v) is 0.775. The van der Waals surface area contributed by atoms with Crippen LogP contribution in [-0.4, -0.2) is 33.6 Å². The average Bonchev–Trinajstić information content (AvgIpc) is 1.63. The van der Waals surface area contributed by atoms with Crippen LogP contribution in [0, 0.1) is 0 Å². The molecule has 0 heterocycles. The van der Waals surface area contributed by atoms with Crippen LogP contribution in [0.3, 0.4) is 0 Å². The molecule has 0 unspecified atom stereocenters. The molecule has 0 aromatic rings. The van der Waals surface area contributed by atoms with Gasteiger partial charge in [0, 0.05) is 12.9 Å². The van der Waals surface area contributed by atoms with Gasteiger partial charge in [0.25, 0.3) is 0 Å². The van der Waals surface area contributed by atoms with E-state index in [2.05, 4.69) is 0 Å². The minimum atomic E-state index is -2.82. The highest BCUT2D eigenvalue weighted by Crippen LogP contribution is 1.82. The van der Waals surface area contributed by atoms with Crippen molar-refractivity contribution in [1.29, 1.82) is 0 Å². The molecule has 0 fully saturated rings.